The third kappa shape index (κ3) is 3.85. The van der Waals surface area contributed by atoms with Crippen LogP contribution in [-0.4, -0.2) is 17.6 Å². The average Bonchev–Trinajstić information content (AvgIpc) is 2.17. The second-order valence-electron chi connectivity index (χ2n) is 3.44. The smallest absolute Gasteiger partial charge is 0.331 e. The Morgan fingerprint density at radius 2 is 2.27 bits per heavy atom. The van der Waals surface area contributed by atoms with Gasteiger partial charge in [0.2, 0.25) is 0 Å². The summed E-state index contributed by atoms with van der Waals surface area (Å²) in [5.41, 5.74) is 2.54. The molecule has 3 heteroatoms. The fourth-order valence-electron chi connectivity index (χ4n) is 1.16. The van der Waals surface area contributed by atoms with Crippen LogP contribution in [-0.2, 0) is 4.79 Å². The molecule has 0 spiro atoms. The number of carboxylic acid groups (broad SMARTS) is 1. The zero-order valence-electron chi connectivity index (χ0n) is 8.95. The van der Waals surface area contributed by atoms with E-state index < -0.39 is 5.97 Å². The van der Waals surface area contributed by atoms with E-state index in [0.29, 0.717) is 12.1 Å². The molecule has 3 nitrogen and oxygen atoms in total. The molecule has 0 amide bonds. The second kappa shape index (κ2) is 5.20. The number of hydrogen-bond donors (Lipinski definition) is 2. The molecule has 0 bridgehead atoms. The van der Waals surface area contributed by atoms with Crippen molar-refractivity contribution in [1.82, 2.24) is 0 Å². The Morgan fingerprint density at radius 1 is 1.53 bits per heavy atom. The first-order valence-electron chi connectivity index (χ1n) is 4.80. The lowest BCUT2D eigenvalue weighted by Gasteiger charge is -2.04. The number of carbonyl (C=O) groups is 1. The summed E-state index contributed by atoms with van der Waals surface area (Å²) >= 11 is 0. The van der Waals surface area contributed by atoms with Crippen LogP contribution in [0.5, 0.6) is 0 Å². The number of nitrogens with one attached hydrogen (secondary N) is 1. The number of anilines is 1. The van der Waals surface area contributed by atoms with Gasteiger partial charge in [0, 0.05) is 17.8 Å². The molecule has 1 rings (SSSR count). The van der Waals surface area contributed by atoms with Crippen LogP contribution in [0, 0.1) is 6.92 Å². The van der Waals surface area contributed by atoms with E-state index in [-0.39, 0.29) is 0 Å². The number of aryl methyl sites for hydroxylation is 1. The Bertz CT molecular complexity index is 383. The lowest BCUT2D eigenvalue weighted by molar-refractivity contribution is -0.132. The molecule has 0 aromatic heterocycles. The van der Waals surface area contributed by atoms with E-state index in [1.54, 1.807) is 13.0 Å². The highest BCUT2D eigenvalue weighted by molar-refractivity contribution is 5.85. The highest BCUT2D eigenvalue weighted by Crippen LogP contribution is 2.09. The summed E-state index contributed by atoms with van der Waals surface area (Å²) in [5.74, 6) is -0.874. The quantitative estimate of drug-likeness (QED) is 0.742. The molecule has 0 heterocycles. The fraction of sp³-hybridized carbons (Fsp3) is 0.250. The van der Waals surface area contributed by atoms with Gasteiger partial charge in [0.15, 0.2) is 0 Å². The van der Waals surface area contributed by atoms with Gasteiger partial charge in [0.1, 0.15) is 0 Å². The summed E-state index contributed by atoms with van der Waals surface area (Å²) in [5, 5.41) is 11.8. The number of carboxylic acids is 1. The van der Waals surface area contributed by atoms with Gasteiger partial charge in [0.05, 0.1) is 0 Å². The van der Waals surface area contributed by atoms with Crippen LogP contribution in [0.25, 0.3) is 0 Å². The summed E-state index contributed by atoms with van der Waals surface area (Å²) in [6.07, 6.45) is 1.66. The number of aliphatic carboxylic acids is 1. The van der Waals surface area contributed by atoms with E-state index in [9.17, 15) is 4.79 Å². The normalized spacial score (nSPS) is 11.2. The maximum Gasteiger partial charge on any atom is 0.331 e. The van der Waals surface area contributed by atoms with Crippen LogP contribution < -0.4 is 5.32 Å². The monoisotopic (exact) mass is 205 g/mol. The molecule has 0 radical (unpaired) electrons. The van der Waals surface area contributed by atoms with Crippen molar-refractivity contribution in [3.8, 4) is 0 Å². The first-order valence-corrected chi connectivity index (χ1v) is 4.80. The van der Waals surface area contributed by atoms with E-state index in [1.165, 1.54) is 5.56 Å². The number of rotatable bonds is 4. The van der Waals surface area contributed by atoms with Gasteiger partial charge in [-0.1, -0.05) is 18.2 Å². The molecule has 0 aliphatic rings. The van der Waals surface area contributed by atoms with Gasteiger partial charge >= 0.3 is 5.97 Å². The van der Waals surface area contributed by atoms with Crippen molar-refractivity contribution >= 4 is 11.7 Å². The molecule has 0 unspecified atom stereocenters. The van der Waals surface area contributed by atoms with Gasteiger partial charge in [-0.05, 0) is 31.5 Å². The van der Waals surface area contributed by atoms with Crippen LogP contribution in [0.4, 0.5) is 5.69 Å². The lowest BCUT2D eigenvalue weighted by Crippen LogP contribution is -2.03. The predicted octanol–water partition coefficient (Wildman–Crippen LogP) is 2.44. The largest absolute Gasteiger partial charge is 0.478 e. The second-order valence-corrected chi connectivity index (χ2v) is 3.44. The summed E-state index contributed by atoms with van der Waals surface area (Å²) in [7, 11) is 0. The third-order valence-corrected chi connectivity index (χ3v) is 2.07. The molecule has 2 N–H and O–H groups in total. The average molecular weight is 205 g/mol. The van der Waals surface area contributed by atoms with Gasteiger partial charge in [-0.25, -0.2) is 4.79 Å². The van der Waals surface area contributed by atoms with Crippen LogP contribution in [0.2, 0.25) is 0 Å². The standard InChI is InChI=1S/C12H15NO2/c1-9-4-3-5-11(8-9)13-7-6-10(2)12(14)15/h3-6,8,13H,7H2,1-2H3,(H,14,15)/b10-6-. The number of benzene rings is 1. The molecular formula is C12H15NO2. The van der Waals surface area contributed by atoms with Crippen LogP contribution >= 0.6 is 0 Å². The lowest BCUT2D eigenvalue weighted by atomic mass is 10.2. The molecular weight excluding hydrogens is 190 g/mol. The molecule has 0 saturated heterocycles. The Balaban J connectivity index is 2.51. The molecule has 1 aromatic rings. The zero-order chi connectivity index (χ0) is 11.3. The van der Waals surface area contributed by atoms with Crippen LogP contribution in [0.1, 0.15) is 12.5 Å². The molecule has 0 aliphatic carbocycles. The van der Waals surface area contributed by atoms with Gasteiger partial charge in [0.25, 0.3) is 0 Å². The maximum atomic E-state index is 10.5. The van der Waals surface area contributed by atoms with Gasteiger partial charge in [-0.3, -0.25) is 0 Å². The molecule has 0 atom stereocenters. The molecule has 15 heavy (non-hydrogen) atoms. The number of hydrogen-bond acceptors (Lipinski definition) is 2. The van der Waals surface area contributed by atoms with E-state index in [4.69, 9.17) is 5.11 Å². The highest BCUT2D eigenvalue weighted by atomic mass is 16.4. The van der Waals surface area contributed by atoms with Gasteiger partial charge < -0.3 is 10.4 Å². The van der Waals surface area contributed by atoms with Crippen LogP contribution in [0.3, 0.4) is 0 Å². The minimum Gasteiger partial charge on any atom is -0.478 e. The Labute approximate surface area is 89.4 Å². The van der Waals surface area contributed by atoms with Crippen LogP contribution in [0.15, 0.2) is 35.9 Å². The van der Waals surface area contributed by atoms with Crippen molar-refractivity contribution in [3.63, 3.8) is 0 Å². The first kappa shape index (κ1) is 11.3. The third-order valence-electron chi connectivity index (χ3n) is 2.07. The van der Waals surface area contributed by atoms with Crippen molar-refractivity contribution in [2.24, 2.45) is 0 Å². The summed E-state index contributed by atoms with van der Waals surface area (Å²) in [6, 6.07) is 7.95. The molecule has 0 fully saturated rings. The van der Waals surface area contributed by atoms with Gasteiger partial charge in [-0.2, -0.15) is 0 Å². The SMILES string of the molecule is C/C(=C/CNc1cccc(C)c1)C(=O)O. The Kier molecular flexibility index (Phi) is 3.92. The van der Waals surface area contributed by atoms with Crippen molar-refractivity contribution in [3.05, 3.63) is 41.5 Å². The summed E-state index contributed by atoms with van der Waals surface area (Å²) in [6.45, 7) is 4.13. The summed E-state index contributed by atoms with van der Waals surface area (Å²) in [4.78, 5) is 10.5. The van der Waals surface area contributed by atoms with E-state index >= 15 is 0 Å². The molecule has 0 saturated carbocycles. The highest BCUT2D eigenvalue weighted by Gasteiger charge is 1.97. The van der Waals surface area contributed by atoms with E-state index in [1.807, 2.05) is 31.2 Å². The zero-order valence-corrected chi connectivity index (χ0v) is 8.95. The minimum atomic E-state index is -0.874. The fourth-order valence-corrected chi connectivity index (χ4v) is 1.16. The van der Waals surface area contributed by atoms with Crippen molar-refractivity contribution in [2.45, 2.75) is 13.8 Å². The Hall–Kier alpha value is -1.77. The Morgan fingerprint density at radius 3 is 2.87 bits per heavy atom. The molecule has 80 valence electrons. The maximum absolute atomic E-state index is 10.5. The first-order chi connectivity index (χ1) is 7.09. The van der Waals surface area contributed by atoms with Crippen molar-refractivity contribution in [2.75, 3.05) is 11.9 Å². The topological polar surface area (TPSA) is 49.3 Å². The van der Waals surface area contributed by atoms with Crippen molar-refractivity contribution in [1.29, 1.82) is 0 Å². The van der Waals surface area contributed by atoms with E-state index in [2.05, 4.69) is 5.32 Å². The minimum absolute atomic E-state index is 0.357. The van der Waals surface area contributed by atoms with Gasteiger partial charge in [-0.15, -0.1) is 0 Å². The molecule has 1 aromatic carbocycles. The van der Waals surface area contributed by atoms with E-state index in [0.717, 1.165) is 5.69 Å². The predicted molar refractivity (Wildman–Crippen MR) is 61.1 cm³/mol. The van der Waals surface area contributed by atoms with Crippen molar-refractivity contribution < 1.29 is 9.90 Å². The summed E-state index contributed by atoms with van der Waals surface area (Å²) < 4.78 is 0. The molecule has 0 aliphatic heterocycles.